The van der Waals surface area contributed by atoms with Crippen LogP contribution in [0.15, 0.2) is 54.6 Å². The van der Waals surface area contributed by atoms with Crippen molar-refractivity contribution in [2.24, 2.45) is 0 Å². The highest BCUT2D eigenvalue weighted by molar-refractivity contribution is 5.60. The SMILES string of the molecule is CC(=O)[O-].CCc1ccc(Oc2ccccc2)cc1.CO. The number of carbonyl (C=O) groups is 1. The Hall–Kier alpha value is -2.33. The smallest absolute Gasteiger partial charge is 0.127 e. The summed E-state index contributed by atoms with van der Waals surface area (Å²) in [4.78, 5) is 8.89. The summed E-state index contributed by atoms with van der Waals surface area (Å²) in [6.45, 7) is 3.12. The number of para-hydroxylation sites is 1. The van der Waals surface area contributed by atoms with Gasteiger partial charge in [-0.2, -0.15) is 0 Å². The molecular formula is C17H21O4-. The van der Waals surface area contributed by atoms with Crippen LogP contribution in [0.5, 0.6) is 11.5 Å². The number of rotatable bonds is 3. The molecule has 4 nitrogen and oxygen atoms in total. The minimum Gasteiger partial charge on any atom is -0.550 e. The van der Waals surface area contributed by atoms with Crippen molar-refractivity contribution in [3.8, 4) is 11.5 Å². The largest absolute Gasteiger partial charge is 0.550 e. The normalized spacial score (nSPS) is 8.57. The molecule has 21 heavy (non-hydrogen) atoms. The van der Waals surface area contributed by atoms with Crippen LogP contribution in [0.3, 0.4) is 0 Å². The lowest BCUT2D eigenvalue weighted by Crippen LogP contribution is -2.16. The van der Waals surface area contributed by atoms with E-state index in [1.165, 1.54) is 5.56 Å². The van der Waals surface area contributed by atoms with Crippen LogP contribution in [-0.4, -0.2) is 18.2 Å². The highest BCUT2D eigenvalue weighted by atomic mass is 16.5. The number of ether oxygens (including phenoxy) is 1. The molecule has 0 radical (unpaired) electrons. The average Bonchev–Trinajstić information content (AvgIpc) is 2.50. The van der Waals surface area contributed by atoms with Gasteiger partial charge in [-0.1, -0.05) is 37.3 Å². The van der Waals surface area contributed by atoms with E-state index in [0.717, 1.165) is 32.0 Å². The molecule has 0 amide bonds. The van der Waals surface area contributed by atoms with E-state index in [1.807, 2.05) is 42.5 Å². The number of hydrogen-bond donors (Lipinski definition) is 1. The molecule has 0 aliphatic carbocycles. The highest BCUT2D eigenvalue weighted by Crippen LogP contribution is 2.20. The van der Waals surface area contributed by atoms with Gasteiger partial charge >= 0.3 is 0 Å². The third kappa shape index (κ3) is 9.24. The number of carbonyl (C=O) groups excluding carboxylic acids is 1. The van der Waals surface area contributed by atoms with E-state index in [1.54, 1.807) is 0 Å². The maximum Gasteiger partial charge on any atom is 0.127 e. The maximum absolute atomic E-state index is 8.89. The van der Waals surface area contributed by atoms with Crippen LogP contribution in [0.25, 0.3) is 0 Å². The van der Waals surface area contributed by atoms with Crippen molar-refractivity contribution in [3.05, 3.63) is 60.2 Å². The van der Waals surface area contributed by atoms with Crippen molar-refractivity contribution in [1.29, 1.82) is 0 Å². The molecule has 1 N–H and O–H groups in total. The number of aryl methyl sites for hydroxylation is 1. The second-order valence-electron chi connectivity index (χ2n) is 3.90. The Balaban J connectivity index is 0.000000579. The van der Waals surface area contributed by atoms with E-state index < -0.39 is 5.97 Å². The molecule has 0 fully saturated rings. The number of carboxylic acid groups (broad SMARTS) is 1. The van der Waals surface area contributed by atoms with Gasteiger partial charge in [0.1, 0.15) is 11.5 Å². The number of carboxylic acids is 1. The van der Waals surface area contributed by atoms with Crippen molar-refractivity contribution < 1.29 is 19.7 Å². The van der Waals surface area contributed by atoms with E-state index in [4.69, 9.17) is 19.7 Å². The van der Waals surface area contributed by atoms with E-state index >= 15 is 0 Å². The first kappa shape index (κ1) is 18.7. The first-order valence-electron chi connectivity index (χ1n) is 6.56. The summed E-state index contributed by atoms with van der Waals surface area (Å²) in [5.41, 5.74) is 1.33. The zero-order valence-corrected chi connectivity index (χ0v) is 12.6. The average molecular weight is 289 g/mol. The zero-order chi connectivity index (χ0) is 16.1. The van der Waals surface area contributed by atoms with Gasteiger partial charge < -0.3 is 19.7 Å². The molecule has 0 bridgehead atoms. The van der Waals surface area contributed by atoms with Gasteiger partial charge in [-0.25, -0.2) is 0 Å². The standard InChI is InChI=1S/C14H14O.C2H4O2.CH4O/c1-2-12-8-10-14(11-9-12)15-13-6-4-3-5-7-13;1-2(3)4;1-2/h3-11H,2H2,1H3;1H3,(H,3,4);2H,1H3/p-1. The third-order valence-corrected chi connectivity index (χ3v) is 2.31. The Morgan fingerprint density at radius 3 is 1.86 bits per heavy atom. The zero-order valence-electron chi connectivity index (χ0n) is 12.6. The van der Waals surface area contributed by atoms with Crippen LogP contribution in [0.4, 0.5) is 0 Å². The lowest BCUT2D eigenvalue weighted by Gasteiger charge is -2.05. The molecule has 0 saturated carbocycles. The summed E-state index contributed by atoms with van der Waals surface area (Å²) in [5, 5.41) is 15.9. The second-order valence-corrected chi connectivity index (χ2v) is 3.90. The number of aliphatic hydroxyl groups is 1. The van der Waals surface area contributed by atoms with Gasteiger partial charge in [0.05, 0.1) is 0 Å². The van der Waals surface area contributed by atoms with E-state index in [9.17, 15) is 0 Å². The summed E-state index contributed by atoms with van der Waals surface area (Å²) in [7, 11) is 1.00. The Morgan fingerprint density at radius 2 is 1.43 bits per heavy atom. The quantitative estimate of drug-likeness (QED) is 0.942. The molecule has 0 aliphatic rings. The summed E-state index contributed by atoms with van der Waals surface area (Å²) in [6.07, 6.45) is 1.06. The molecule has 0 aromatic heterocycles. The molecule has 2 aromatic carbocycles. The lowest BCUT2D eigenvalue weighted by molar-refractivity contribution is -0.302. The number of aliphatic hydroxyl groups excluding tert-OH is 1. The molecule has 2 aromatic rings. The van der Waals surface area contributed by atoms with Gasteiger partial charge in [-0.3, -0.25) is 0 Å². The Kier molecular flexibility index (Phi) is 10.2. The predicted octanol–water partition coefficient (Wildman–Crippen LogP) is 2.41. The fourth-order valence-corrected chi connectivity index (χ4v) is 1.42. The first-order chi connectivity index (χ1) is 10.1. The Bertz CT molecular complexity index is 488. The molecule has 2 rings (SSSR count). The molecule has 114 valence electrons. The van der Waals surface area contributed by atoms with Crippen LogP contribution in [0.1, 0.15) is 19.4 Å². The van der Waals surface area contributed by atoms with Gasteiger partial charge in [0.2, 0.25) is 0 Å². The first-order valence-corrected chi connectivity index (χ1v) is 6.56. The van der Waals surface area contributed by atoms with Crippen molar-refractivity contribution in [3.63, 3.8) is 0 Å². The van der Waals surface area contributed by atoms with Gasteiger partial charge in [0, 0.05) is 13.1 Å². The molecule has 0 aliphatic heterocycles. The van der Waals surface area contributed by atoms with Gasteiger partial charge in [0.25, 0.3) is 0 Å². The summed E-state index contributed by atoms with van der Waals surface area (Å²) in [6, 6.07) is 18.0. The molecule has 0 atom stereocenters. The maximum atomic E-state index is 8.89. The third-order valence-electron chi connectivity index (χ3n) is 2.31. The van der Waals surface area contributed by atoms with Crippen molar-refractivity contribution in [2.45, 2.75) is 20.3 Å². The number of aliphatic carboxylic acids is 1. The summed E-state index contributed by atoms with van der Waals surface area (Å²) in [5.74, 6) is 0.681. The fraction of sp³-hybridized carbons (Fsp3) is 0.235. The summed E-state index contributed by atoms with van der Waals surface area (Å²) < 4.78 is 5.68. The summed E-state index contributed by atoms with van der Waals surface area (Å²) >= 11 is 0. The number of benzene rings is 2. The van der Waals surface area contributed by atoms with Crippen LogP contribution in [0, 0.1) is 0 Å². The molecule has 4 heteroatoms. The predicted molar refractivity (Wildman–Crippen MR) is 81.2 cm³/mol. The molecular weight excluding hydrogens is 268 g/mol. The van der Waals surface area contributed by atoms with E-state index in [0.29, 0.717) is 0 Å². The minimum atomic E-state index is -1.08. The van der Waals surface area contributed by atoms with E-state index in [2.05, 4.69) is 19.1 Å². The van der Waals surface area contributed by atoms with Gasteiger partial charge in [0.15, 0.2) is 0 Å². The Morgan fingerprint density at radius 1 is 1.00 bits per heavy atom. The second kappa shape index (κ2) is 11.5. The van der Waals surface area contributed by atoms with Crippen LogP contribution in [-0.2, 0) is 11.2 Å². The Labute approximate surface area is 125 Å². The molecule has 0 heterocycles. The van der Waals surface area contributed by atoms with Crippen molar-refractivity contribution in [1.82, 2.24) is 0 Å². The highest BCUT2D eigenvalue weighted by Gasteiger charge is 1.95. The van der Waals surface area contributed by atoms with Crippen LogP contribution < -0.4 is 9.84 Å². The van der Waals surface area contributed by atoms with Gasteiger partial charge in [-0.05, 0) is 43.2 Å². The van der Waals surface area contributed by atoms with Crippen LogP contribution in [0.2, 0.25) is 0 Å². The molecule has 0 saturated heterocycles. The fourth-order valence-electron chi connectivity index (χ4n) is 1.42. The van der Waals surface area contributed by atoms with Crippen LogP contribution >= 0.6 is 0 Å². The monoisotopic (exact) mass is 289 g/mol. The van der Waals surface area contributed by atoms with Gasteiger partial charge in [-0.15, -0.1) is 0 Å². The minimum absolute atomic E-state index is 0.877. The topological polar surface area (TPSA) is 69.6 Å². The van der Waals surface area contributed by atoms with Crippen molar-refractivity contribution >= 4 is 5.97 Å². The van der Waals surface area contributed by atoms with Crippen molar-refractivity contribution in [2.75, 3.05) is 7.11 Å². The lowest BCUT2D eigenvalue weighted by atomic mass is 10.2. The molecule has 0 unspecified atom stereocenters. The molecule has 0 spiro atoms. The number of hydrogen-bond acceptors (Lipinski definition) is 4. The van der Waals surface area contributed by atoms with E-state index in [-0.39, 0.29) is 0 Å².